The van der Waals surface area contributed by atoms with Gasteiger partial charge in [-0.25, -0.2) is 4.98 Å². The van der Waals surface area contributed by atoms with Crippen LogP contribution in [0.3, 0.4) is 0 Å². The zero-order valence-electron chi connectivity index (χ0n) is 16.0. The second-order valence-electron chi connectivity index (χ2n) is 6.95. The molecule has 1 aromatic carbocycles. The molecule has 0 saturated carbocycles. The van der Waals surface area contributed by atoms with Crippen LogP contribution >= 0.6 is 0 Å². The van der Waals surface area contributed by atoms with Gasteiger partial charge < -0.3 is 10.2 Å². The Balaban J connectivity index is 1.54. The topological polar surface area (TPSA) is 80.1 Å². The standard InChI is InChI=1S/C20H27N5O2/c1-15-22-16(2)25(23-15)14-8-12-21-19(26)18-11-6-7-13-24(18)20(27)17-9-4-3-5-10-17/h3-5,9-10,18H,6-8,11-14H2,1-2H3,(H,21,26). The summed E-state index contributed by atoms with van der Waals surface area (Å²) >= 11 is 0. The minimum absolute atomic E-state index is 0.0644. The number of carbonyl (C=O) groups is 2. The molecule has 144 valence electrons. The summed E-state index contributed by atoms with van der Waals surface area (Å²) in [7, 11) is 0. The third-order valence-electron chi connectivity index (χ3n) is 4.90. The van der Waals surface area contributed by atoms with E-state index in [-0.39, 0.29) is 17.9 Å². The average Bonchev–Trinajstić information content (AvgIpc) is 3.02. The van der Waals surface area contributed by atoms with Crippen molar-refractivity contribution < 1.29 is 9.59 Å². The Bertz CT molecular complexity index is 787. The molecule has 7 nitrogen and oxygen atoms in total. The Morgan fingerprint density at radius 3 is 2.67 bits per heavy atom. The Kier molecular flexibility index (Phi) is 6.21. The highest BCUT2D eigenvalue weighted by Gasteiger charge is 2.32. The van der Waals surface area contributed by atoms with Crippen LogP contribution in [0.15, 0.2) is 30.3 Å². The molecule has 2 amide bonds. The molecular weight excluding hydrogens is 342 g/mol. The predicted molar refractivity (Wildman–Crippen MR) is 102 cm³/mol. The van der Waals surface area contributed by atoms with Crippen molar-refractivity contribution in [2.24, 2.45) is 0 Å². The van der Waals surface area contributed by atoms with Gasteiger partial charge in [0.2, 0.25) is 5.91 Å². The minimum atomic E-state index is -0.387. The van der Waals surface area contributed by atoms with Crippen LogP contribution in [0.4, 0.5) is 0 Å². The van der Waals surface area contributed by atoms with E-state index in [1.54, 1.807) is 17.0 Å². The molecule has 1 unspecified atom stereocenters. The molecule has 1 saturated heterocycles. The summed E-state index contributed by atoms with van der Waals surface area (Å²) in [6.07, 6.45) is 3.39. The number of nitrogens with zero attached hydrogens (tertiary/aromatic N) is 4. The zero-order chi connectivity index (χ0) is 19.2. The maximum Gasteiger partial charge on any atom is 0.254 e. The fourth-order valence-electron chi connectivity index (χ4n) is 3.53. The lowest BCUT2D eigenvalue weighted by Crippen LogP contribution is -2.52. The highest BCUT2D eigenvalue weighted by Crippen LogP contribution is 2.20. The SMILES string of the molecule is Cc1nc(C)n(CCCNC(=O)C2CCCCN2C(=O)c2ccccc2)n1. The van der Waals surface area contributed by atoms with Crippen LogP contribution in [0.1, 0.15) is 47.7 Å². The van der Waals surface area contributed by atoms with Crippen molar-refractivity contribution in [2.75, 3.05) is 13.1 Å². The van der Waals surface area contributed by atoms with Crippen molar-refractivity contribution in [1.29, 1.82) is 0 Å². The lowest BCUT2D eigenvalue weighted by molar-refractivity contribution is -0.126. The van der Waals surface area contributed by atoms with E-state index in [0.29, 0.717) is 31.6 Å². The zero-order valence-corrected chi connectivity index (χ0v) is 16.0. The first kappa shape index (κ1) is 19.1. The highest BCUT2D eigenvalue weighted by molar-refractivity contribution is 5.97. The number of aromatic nitrogens is 3. The molecule has 1 N–H and O–H groups in total. The number of likely N-dealkylation sites (tertiary alicyclic amines) is 1. The van der Waals surface area contributed by atoms with Crippen LogP contribution in [-0.2, 0) is 11.3 Å². The third-order valence-corrected chi connectivity index (χ3v) is 4.90. The lowest BCUT2D eigenvalue weighted by Gasteiger charge is -2.34. The molecule has 1 aliphatic rings. The lowest BCUT2D eigenvalue weighted by atomic mass is 10.00. The van der Waals surface area contributed by atoms with Gasteiger partial charge >= 0.3 is 0 Å². The summed E-state index contributed by atoms with van der Waals surface area (Å²) in [4.78, 5) is 31.5. The van der Waals surface area contributed by atoms with Crippen molar-refractivity contribution in [2.45, 2.75) is 52.1 Å². The van der Waals surface area contributed by atoms with Gasteiger partial charge in [0.05, 0.1) is 0 Å². The maximum absolute atomic E-state index is 12.8. The smallest absolute Gasteiger partial charge is 0.254 e. The molecule has 0 radical (unpaired) electrons. The number of hydrogen-bond donors (Lipinski definition) is 1. The molecule has 0 bridgehead atoms. The Morgan fingerprint density at radius 2 is 1.96 bits per heavy atom. The van der Waals surface area contributed by atoms with Crippen LogP contribution < -0.4 is 5.32 Å². The fourth-order valence-corrected chi connectivity index (χ4v) is 3.53. The molecule has 0 spiro atoms. The van der Waals surface area contributed by atoms with Crippen molar-refractivity contribution in [3.63, 3.8) is 0 Å². The monoisotopic (exact) mass is 369 g/mol. The average molecular weight is 369 g/mol. The highest BCUT2D eigenvalue weighted by atomic mass is 16.2. The van der Waals surface area contributed by atoms with Gasteiger partial charge in [-0.1, -0.05) is 18.2 Å². The van der Waals surface area contributed by atoms with E-state index in [9.17, 15) is 9.59 Å². The number of piperidine rings is 1. The Morgan fingerprint density at radius 1 is 1.19 bits per heavy atom. The van der Waals surface area contributed by atoms with Crippen molar-refractivity contribution in [1.82, 2.24) is 25.0 Å². The van der Waals surface area contributed by atoms with Crippen molar-refractivity contribution >= 4 is 11.8 Å². The summed E-state index contributed by atoms with van der Waals surface area (Å²) in [6, 6.07) is 8.79. The van der Waals surface area contributed by atoms with Gasteiger partial charge in [0.1, 0.15) is 17.7 Å². The summed E-state index contributed by atoms with van der Waals surface area (Å²) < 4.78 is 1.85. The first-order valence-electron chi connectivity index (χ1n) is 9.58. The molecular formula is C20H27N5O2. The third kappa shape index (κ3) is 4.72. The molecule has 2 heterocycles. The molecule has 1 fully saturated rings. The Hall–Kier alpha value is -2.70. The number of hydrogen-bond acceptors (Lipinski definition) is 4. The minimum Gasteiger partial charge on any atom is -0.354 e. The van der Waals surface area contributed by atoms with E-state index in [0.717, 1.165) is 30.9 Å². The maximum atomic E-state index is 12.8. The summed E-state index contributed by atoms with van der Waals surface area (Å²) in [6.45, 7) is 5.69. The number of amides is 2. The molecule has 1 aromatic heterocycles. The predicted octanol–water partition coefficient (Wildman–Crippen LogP) is 2.10. The quantitative estimate of drug-likeness (QED) is 0.791. The molecule has 1 aliphatic heterocycles. The molecule has 0 aliphatic carbocycles. The molecule has 27 heavy (non-hydrogen) atoms. The van der Waals surface area contributed by atoms with Crippen LogP contribution in [0.2, 0.25) is 0 Å². The van der Waals surface area contributed by atoms with Gasteiger partial charge in [-0.2, -0.15) is 5.10 Å². The number of carbonyl (C=O) groups excluding carboxylic acids is 2. The van der Waals surface area contributed by atoms with Gasteiger partial charge in [0.25, 0.3) is 5.91 Å². The van der Waals surface area contributed by atoms with Gasteiger partial charge in [-0.05, 0) is 51.7 Å². The number of nitrogens with one attached hydrogen (secondary N) is 1. The summed E-state index contributed by atoms with van der Waals surface area (Å²) in [5.41, 5.74) is 0.634. The molecule has 7 heteroatoms. The van der Waals surface area contributed by atoms with Crippen LogP contribution in [0.25, 0.3) is 0 Å². The fraction of sp³-hybridized carbons (Fsp3) is 0.500. The Labute approximate surface area is 159 Å². The van der Waals surface area contributed by atoms with Crippen LogP contribution in [0.5, 0.6) is 0 Å². The normalized spacial score (nSPS) is 17.0. The summed E-state index contributed by atoms with van der Waals surface area (Å²) in [5, 5.41) is 7.32. The van der Waals surface area contributed by atoms with Crippen molar-refractivity contribution in [3.05, 3.63) is 47.5 Å². The van der Waals surface area contributed by atoms with Gasteiger partial charge in [0.15, 0.2) is 0 Å². The first-order chi connectivity index (χ1) is 13.1. The van der Waals surface area contributed by atoms with E-state index < -0.39 is 0 Å². The second-order valence-corrected chi connectivity index (χ2v) is 6.95. The largest absolute Gasteiger partial charge is 0.354 e. The molecule has 1 atom stereocenters. The molecule has 2 aromatic rings. The van der Waals surface area contributed by atoms with E-state index in [1.807, 2.05) is 36.7 Å². The first-order valence-corrected chi connectivity index (χ1v) is 9.58. The van der Waals surface area contributed by atoms with E-state index in [4.69, 9.17) is 0 Å². The van der Waals surface area contributed by atoms with E-state index >= 15 is 0 Å². The van der Waals surface area contributed by atoms with Gasteiger partial charge in [0, 0.05) is 25.2 Å². The number of rotatable bonds is 6. The summed E-state index contributed by atoms with van der Waals surface area (Å²) in [5.74, 6) is 1.51. The number of aryl methyl sites for hydroxylation is 3. The van der Waals surface area contributed by atoms with Crippen LogP contribution in [-0.4, -0.2) is 50.6 Å². The van der Waals surface area contributed by atoms with E-state index in [1.165, 1.54) is 0 Å². The van der Waals surface area contributed by atoms with E-state index in [2.05, 4.69) is 15.4 Å². The second kappa shape index (κ2) is 8.79. The molecule has 3 rings (SSSR count). The van der Waals surface area contributed by atoms with Crippen molar-refractivity contribution in [3.8, 4) is 0 Å². The van der Waals surface area contributed by atoms with Crippen LogP contribution in [0, 0.1) is 13.8 Å². The van der Waals surface area contributed by atoms with Gasteiger partial charge in [-0.3, -0.25) is 14.3 Å². The van der Waals surface area contributed by atoms with Gasteiger partial charge in [-0.15, -0.1) is 0 Å². The number of benzene rings is 1.